The zero-order chi connectivity index (χ0) is 11.6. The predicted molar refractivity (Wildman–Crippen MR) is 64.7 cm³/mol. The van der Waals surface area contributed by atoms with Gasteiger partial charge in [0.25, 0.3) is 0 Å². The molecule has 0 aliphatic carbocycles. The molecule has 1 aliphatic rings. The molecule has 2 atom stereocenters. The number of hydrogen-bond donors (Lipinski definition) is 1. The molecule has 0 amide bonds. The number of ether oxygens (including phenoxy) is 1. The molecule has 0 spiro atoms. The summed E-state index contributed by atoms with van der Waals surface area (Å²) in [6.07, 6.45) is 1.56. The average molecular weight is 241 g/mol. The normalized spacial score (nSPS) is 24.3. The molecule has 3 heteroatoms. The van der Waals surface area contributed by atoms with Crippen molar-refractivity contribution in [1.29, 1.82) is 0 Å². The molecule has 1 aromatic rings. The molecule has 2 nitrogen and oxygen atoms in total. The molecule has 1 saturated heterocycles. The van der Waals surface area contributed by atoms with Crippen LogP contribution in [-0.2, 0) is 11.2 Å². The Balaban J connectivity index is 2.07. The Morgan fingerprint density at radius 1 is 1.56 bits per heavy atom. The van der Waals surface area contributed by atoms with E-state index in [2.05, 4.69) is 0 Å². The lowest BCUT2D eigenvalue weighted by atomic mass is 9.83. The maximum atomic E-state index is 10.4. The molecular weight excluding hydrogens is 224 g/mol. The van der Waals surface area contributed by atoms with E-state index in [4.69, 9.17) is 16.3 Å². The lowest BCUT2D eigenvalue weighted by Crippen LogP contribution is -2.37. The molecule has 1 aromatic carbocycles. The van der Waals surface area contributed by atoms with Crippen LogP contribution in [0.15, 0.2) is 24.3 Å². The van der Waals surface area contributed by atoms with Gasteiger partial charge < -0.3 is 9.84 Å². The molecule has 1 heterocycles. The topological polar surface area (TPSA) is 29.5 Å². The maximum Gasteiger partial charge on any atom is 0.0710 e. The van der Waals surface area contributed by atoms with Gasteiger partial charge >= 0.3 is 0 Å². The van der Waals surface area contributed by atoms with Gasteiger partial charge in [0.1, 0.15) is 0 Å². The third kappa shape index (κ3) is 2.76. The van der Waals surface area contributed by atoms with Crippen LogP contribution in [-0.4, -0.2) is 23.9 Å². The lowest BCUT2D eigenvalue weighted by molar-refractivity contribution is -0.00453. The Kier molecular flexibility index (Phi) is 3.53. The van der Waals surface area contributed by atoms with Crippen LogP contribution in [0.4, 0.5) is 0 Å². The zero-order valence-electron chi connectivity index (χ0n) is 9.45. The van der Waals surface area contributed by atoms with Gasteiger partial charge in [-0.05, 0) is 31.0 Å². The SMILES string of the molecule is CC(O)(Cc1cccc(Cl)c1)C1CCOC1. The van der Waals surface area contributed by atoms with E-state index in [1.807, 2.05) is 31.2 Å². The quantitative estimate of drug-likeness (QED) is 0.880. The molecule has 16 heavy (non-hydrogen) atoms. The van der Waals surface area contributed by atoms with E-state index in [-0.39, 0.29) is 5.92 Å². The molecule has 88 valence electrons. The summed E-state index contributed by atoms with van der Waals surface area (Å²) in [6, 6.07) is 7.67. The minimum Gasteiger partial charge on any atom is -0.389 e. The van der Waals surface area contributed by atoms with Gasteiger partial charge in [0.2, 0.25) is 0 Å². The lowest BCUT2D eigenvalue weighted by Gasteiger charge is -2.29. The summed E-state index contributed by atoms with van der Waals surface area (Å²) in [5.74, 6) is 0.228. The van der Waals surface area contributed by atoms with Crippen molar-refractivity contribution < 1.29 is 9.84 Å². The van der Waals surface area contributed by atoms with Gasteiger partial charge in [0, 0.05) is 24.0 Å². The van der Waals surface area contributed by atoms with E-state index in [9.17, 15) is 5.11 Å². The molecule has 0 bridgehead atoms. The summed E-state index contributed by atoms with van der Waals surface area (Å²) < 4.78 is 5.32. The molecular formula is C13H17ClO2. The van der Waals surface area contributed by atoms with Gasteiger partial charge in [0.15, 0.2) is 0 Å². The molecule has 0 radical (unpaired) electrons. The van der Waals surface area contributed by atoms with E-state index in [1.165, 1.54) is 0 Å². The summed E-state index contributed by atoms with van der Waals surface area (Å²) in [7, 11) is 0. The highest BCUT2D eigenvalue weighted by atomic mass is 35.5. The first kappa shape index (κ1) is 11.9. The first-order valence-electron chi connectivity index (χ1n) is 5.62. The van der Waals surface area contributed by atoms with Crippen molar-refractivity contribution in [3.8, 4) is 0 Å². The van der Waals surface area contributed by atoms with Crippen LogP contribution in [0.2, 0.25) is 5.02 Å². The molecule has 1 fully saturated rings. The van der Waals surface area contributed by atoms with E-state index in [1.54, 1.807) is 0 Å². The second-order valence-corrected chi connectivity index (χ2v) is 5.16. The first-order valence-corrected chi connectivity index (χ1v) is 6.00. The fourth-order valence-corrected chi connectivity index (χ4v) is 2.44. The van der Waals surface area contributed by atoms with Gasteiger partial charge in [0.05, 0.1) is 12.2 Å². The largest absolute Gasteiger partial charge is 0.389 e. The number of hydrogen-bond acceptors (Lipinski definition) is 2. The van der Waals surface area contributed by atoms with Crippen molar-refractivity contribution in [1.82, 2.24) is 0 Å². The Morgan fingerprint density at radius 3 is 3.00 bits per heavy atom. The van der Waals surface area contributed by atoms with Crippen LogP contribution in [0.3, 0.4) is 0 Å². The van der Waals surface area contributed by atoms with E-state index in [0.717, 1.165) is 23.6 Å². The summed E-state index contributed by atoms with van der Waals surface area (Å²) in [6.45, 7) is 3.30. The highest BCUT2D eigenvalue weighted by Crippen LogP contribution is 2.29. The Morgan fingerprint density at radius 2 is 2.38 bits per heavy atom. The van der Waals surface area contributed by atoms with Crippen molar-refractivity contribution in [3.63, 3.8) is 0 Å². The third-order valence-electron chi connectivity index (χ3n) is 3.26. The minimum absolute atomic E-state index is 0.228. The summed E-state index contributed by atoms with van der Waals surface area (Å²) in [5, 5.41) is 11.2. The van der Waals surface area contributed by atoms with Crippen LogP contribution in [0.25, 0.3) is 0 Å². The fourth-order valence-electron chi connectivity index (χ4n) is 2.23. The van der Waals surface area contributed by atoms with Gasteiger partial charge in [-0.3, -0.25) is 0 Å². The maximum absolute atomic E-state index is 10.4. The van der Waals surface area contributed by atoms with Crippen molar-refractivity contribution in [2.24, 2.45) is 5.92 Å². The van der Waals surface area contributed by atoms with Gasteiger partial charge in [-0.1, -0.05) is 23.7 Å². The van der Waals surface area contributed by atoms with Crippen molar-refractivity contribution in [2.45, 2.75) is 25.4 Å². The molecule has 0 saturated carbocycles. The first-order chi connectivity index (χ1) is 7.58. The van der Waals surface area contributed by atoms with E-state index >= 15 is 0 Å². The van der Waals surface area contributed by atoms with Crippen molar-refractivity contribution in [3.05, 3.63) is 34.9 Å². The van der Waals surface area contributed by atoms with Crippen LogP contribution < -0.4 is 0 Å². The minimum atomic E-state index is -0.707. The number of halogens is 1. The fraction of sp³-hybridized carbons (Fsp3) is 0.538. The molecule has 0 aromatic heterocycles. The third-order valence-corrected chi connectivity index (χ3v) is 3.50. The van der Waals surface area contributed by atoms with Crippen LogP contribution in [0.1, 0.15) is 18.9 Å². The van der Waals surface area contributed by atoms with E-state index < -0.39 is 5.60 Å². The van der Waals surface area contributed by atoms with Gasteiger partial charge in [-0.25, -0.2) is 0 Å². The van der Waals surface area contributed by atoms with Crippen LogP contribution in [0.5, 0.6) is 0 Å². The Labute approximate surface area is 101 Å². The van der Waals surface area contributed by atoms with Crippen molar-refractivity contribution in [2.75, 3.05) is 13.2 Å². The highest BCUT2D eigenvalue weighted by Gasteiger charge is 2.34. The molecule has 1 aliphatic heterocycles. The van der Waals surface area contributed by atoms with Crippen molar-refractivity contribution >= 4 is 11.6 Å². The molecule has 2 unspecified atom stereocenters. The van der Waals surface area contributed by atoms with Crippen LogP contribution in [0, 0.1) is 5.92 Å². The van der Waals surface area contributed by atoms with Crippen LogP contribution >= 0.6 is 11.6 Å². The summed E-state index contributed by atoms with van der Waals surface area (Å²) in [4.78, 5) is 0. The number of benzene rings is 1. The summed E-state index contributed by atoms with van der Waals surface area (Å²) >= 11 is 5.93. The second kappa shape index (κ2) is 4.74. The monoisotopic (exact) mass is 240 g/mol. The zero-order valence-corrected chi connectivity index (χ0v) is 10.2. The predicted octanol–water partition coefficient (Wildman–Crippen LogP) is 2.67. The summed E-state index contributed by atoms with van der Waals surface area (Å²) in [5.41, 5.74) is 0.366. The highest BCUT2D eigenvalue weighted by molar-refractivity contribution is 6.30. The standard InChI is InChI=1S/C13H17ClO2/c1-13(15,11-5-6-16-9-11)8-10-3-2-4-12(14)7-10/h2-4,7,11,15H,5-6,8-9H2,1H3. The van der Waals surface area contributed by atoms with Gasteiger partial charge in [-0.15, -0.1) is 0 Å². The second-order valence-electron chi connectivity index (χ2n) is 4.72. The van der Waals surface area contributed by atoms with E-state index in [0.29, 0.717) is 13.0 Å². The average Bonchev–Trinajstić information content (AvgIpc) is 2.69. The molecule has 1 N–H and O–H groups in total. The van der Waals surface area contributed by atoms with Gasteiger partial charge in [-0.2, -0.15) is 0 Å². The number of aliphatic hydroxyl groups is 1. The Bertz CT molecular complexity index is 357. The Hall–Kier alpha value is -0.570. The molecule has 2 rings (SSSR count). The smallest absolute Gasteiger partial charge is 0.0710 e. The number of rotatable bonds is 3.